The van der Waals surface area contributed by atoms with Crippen molar-refractivity contribution in [2.75, 3.05) is 6.61 Å². The Morgan fingerprint density at radius 2 is 1.93 bits per heavy atom. The first-order chi connectivity index (χ1) is 6.03. The molecule has 0 aromatic carbocycles. The van der Waals surface area contributed by atoms with Gasteiger partial charge in [-0.3, -0.25) is 0 Å². The summed E-state index contributed by atoms with van der Waals surface area (Å²) < 4.78 is 16.0. The number of ether oxygens (including phenoxy) is 3. The van der Waals surface area contributed by atoms with Crippen LogP contribution in [0.2, 0.25) is 0 Å². The summed E-state index contributed by atoms with van der Waals surface area (Å²) >= 11 is 0. The Balaban J connectivity index is 0.000000980. The van der Waals surface area contributed by atoms with Crippen LogP contribution in [0.4, 0.5) is 0 Å². The number of aliphatic hydroxyl groups excluding tert-OH is 2. The van der Waals surface area contributed by atoms with Gasteiger partial charge in [-0.1, -0.05) is 7.43 Å². The molecule has 2 saturated heterocycles. The van der Waals surface area contributed by atoms with E-state index < -0.39 is 30.4 Å². The van der Waals surface area contributed by atoms with Gasteiger partial charge in [-0.25, -0.2) is 0 Å². The van der Waals surface area contributed by atoms with E-state index in [1.54, 1.807) is 13.8 Å². The van der Waals surface area contributed by atoms with Gasteiger partial charge in [-0.15, -0.1) is 0 Å². The van der Waals surface area contributed by atoms with E-state index in [0.29, 0.717) is 0 Å². The van der Waals surface area contributed by atoms with Crippen LogP contribution in [0.5, 0.6) is 0 Å². The van der Waals surface area contributed by atoms with Crippen molar-refractivity contribution in [2.45, 2.75) is 51.7 Å². The second-order valence-corrected chi connectivity index (χ2v) is 3.82. The van der Waals surface area contributed by atoms with E-state index in [0.717, 1.165) is 0 Å². The third-order valence-electron chi connectivity index (χ3n) is 2.29. The monoisotopic (exact) mass is 206 g/mol. The molecule has 84 valence electrons. The zero-order chi connectivity index (χ0) is 9.64. The fourth-order valence-corrected chi connectivity index (χ4v) is 1.71. The number of aliphatic hydroxyl groups is 2. The van der Waals surface area contributed by atoms with Crippen LogP contribution in [0.25, 0.3) is 0 Å². The molecular weight excluding hydrogens is 188 g/mol. The van der Waals surface area contributed by atoms with Crippen LogP contribution in [0, 0.1) is 0 Å². The molecule has 2 fully saturated rings. The van der Waals surface area contributed by atoms with Gasteiger partial charge < -0.3 is 24.4 Å². The van der Waals surface area contributed by atoms with Crippen LogP contribution in [0.3, 0.4) is 0 Å². The highest BCUT2D eigenvalue weighted by molar-refractivity contribution is 4.92. The first-order valence-corrected chi connectivity index (χ1v) is 4.33. The van der Waals surface area contributed by atoms with Crippen molar-refractivity contribution in [1.82, 2.24) is 0 Å². The molecule has 0 bridgehead atoms. The number of rotatable bonds is 1. The molecule has 5 nitrogen and oxygen atoms in total. The molecule has 2 N–H and O–H groups in total. The molecule has 0 aromatic rings. The summed E-state index contributed by atoms with van der Waals surface area (Å²) in [6, 6.07) is 0. The Morgan fingerprint density at radius 1 is 1.29 bits per heavy atom. The lowest BCUT2D eigenvalue weighted by Gasteiger charge is -2.21. The van der Waals surface area contributed by atoms with Gasteiger partial charge in [0, 0.05) is 0 Å². The molecule has 5 heteroatoms. The van der Waals surface area contributed by atoms with E-state index in [1.165, 1.54) is 0 Å². The SMILES string of the molecule is C.CC1(C)OC2[C@H](O[C@H](CO)[C@H]2O)O1. The second kappa shape index (κ2) is 3.75. The minimum atomic E-state index is -0.809. The van der Waals surface area contributed by atoms with E-state index in [4.69, 9.17) is 19.3 Å². The molecule has 0 saturated carbocycles. The Morgan fingerprint density at radius 3 is 2.43 bits per heavy atom. The largest absolute Gasteiger partial charge is 0.394 e. The maximum absolute atomic E-state index is 9.60. The standard InChI is InChI=1S/C8H14O5.CH4/c1-8(2)12-6-5(10)4(3-9)11-7(6)13-8;/h4-7,9-10H,3H2,1-2H3;1H4/t4-,5-,6?,7-;/m1./s1. The van der Waals surface area contributed by atoms with Gasteiger partial charge in [0.15, 0.2) is 12.1 Å². The van der Waals surface area contributed by atoms with Crippen molar-refractivity contribution in [3.8, 4) is 0 Å². The number of fused-ring (bicyclic) bond motifs is 1. The lowest BCUT2D eigenvalue weighted by Crippen LogP contribution is -2.36. The van der Waals surface area contributed by atoms with Gasteiger partial charge in [-0.2, -0.15) is 0 Å². The normalized spacial score (nSPS) is 44.6. The maximum Gasteiger partial charge on any atom is 0.190 e. The lowest BCUT2D eigenvalue weighted by molar-refractivity contribution is -0.218. The maximum atomic E-state index is 9.60. The van der Waals surface area contributed by atoms with Gasteiger partial charge in [0.05, 0.1) is 6.61 Å². The van der Waals surface area contributed by atoms with Crippen molar-refractivity contribution in [1.29, 1.82) is 0 Å². The Bertz CT molecular complexity index is 205. The van der Waals surface area contributed by atoms with Crippen molar-refractivity contribution < 1.29 is 24.4 Å². The topological polar surface area (TPSA) is 68.2 Å². The van der Waals surface area contributed by atoms with Crippen LogP contribution in [0.15, 0.2) is 0 Å². The summed E-state index contributed by atoms with van der Waals surface area (Å²) in [6.07, 6.45) is -2.43. The van der Waals surface area contributed by atoms with E-state index in [1.807, 2.05) is 0 Å². The van der Waals surface area contributed by atoms with E-state index in [9.17, 15) is 5.11 Å². The van der Waals surface area contributed by atoms with Crippen molar-refractivity contribution in [3.63, 3.8) is 0 Å². The predicted molar refractivity (Wildman–Crippen MR) is 48.5 cm³/mol. The summed E-state index contributed by atoms with van der Waals surface area (Å²) in [7, 11) is 0. The van der Waals surface area contributed by atoms with Crippen LogP contribution >= 0.6 is 0 Å². The minimum Gasteiger partial charge on any atom is -0.394 e. The molecule has 2 heterocycles. The highest BCUT2D eigenvalue weighted by atomic mass is 16.8. The summed E-state index contributed by atoms with van der Waals surface area (Å²) in [6.45, 7) is 3.30. The summed E-state index contributed by atoms with van der Waals surface area (Å²) in [5.41, 5.74) is 0. The molecule has 1 unspecified atom stereocenters. The lowest BCUT2D eigenvalue weighted by atomic mass is 10.1. The third-order valence-corrected chi connectivity index (χ3v) is 2.29. The molecule has 0 aromatic heterocycles. The van der Waals surface area contributed by atoms with Crippen molar-refractivity contribution >= 4 is 0 Å². The first kappa shape index (κ1) is 11.9. The zero-order valence-electron chi connectivity index (χ0n) is 7.64. The number of hydrogen-bond acceptors (Lipinski definition) is 5. The number of hydrogen-bond donors (Lipinski definition) is 2. The zero-order valence-corrected chi connectivity index (χ0v) is 7.64. The van der Waals surface area contributed by atoms with Gasteiger partial charge in [0.1, 0.15) is 18.3 Å². The molecule has 2 aliphatic heterocycles. The smallest absolute Gasteiger partial charge is 0.190 e. The van der Waals surface area contributed by atoms with Crippen molar-refractivity contribution in [2.24, 2.45) is 0 Å². The van der Waals surface area contributed by atoms with Gasteiger partial charge in [-0.05, 0) is 13.8 Å². The van der Waals surface area contributed by atoms with Crippen LogP contribution in [0.1, 0.15) is 21.3 Å². The van der Waals surface area contributed by atoms with Crippen molar-refractivity contribution in [3.05, 3.63) is 0 Å². The predicted octanol–water partition coefficient (Wildman–Crippen LogP) is -0.148. The Kier molecular flexibility index (Phi) is 3.18. The molecule has 0 amide bonds. The van der Waals surface area contributed by atoms with Crippen LogP contribution in [-0.4, -0.2) is 47.2 Å². The quantitative estimate of drug-likeness (QED) is 0.624. The van der Waals surface area contributed by atoms with Crippen LogP contribution < -0.4 is 0 Å². The Hall–Kier alpha value is -0.200. The second-order valence-electron chi connectivity index (χ2n) is 3.82. The first-order valence-electron chi connectivity index (χ1n) is 4.33. The molecule has 2 aliphatic rings. The Labute approximate surface area is 83.6 Å². The van der Waals surface area contributed by atoms with E-state index in [-0.39, 0.29) is 14.0 Å². The van der Waals surface area contributed by atoms with E-state index in [2.05, 4.69) is 0 Å². The fourth-order valence-electron chi connectivity index (χ4n) is 1.71. The molecule has 0 spiro atoms. The summed E-state index contributed by atoms with van der Waals surface area (Å²) in [5.74, 6) is -0.712. The molecule has 14 heavy (non-hydrogen) atoms. The average molecular weight is 206 g/mol. The van der Waals surface area contributed by atoms with E-state index >= 15 is 0 Å². The highest BCUT2D eigenvalue weighted by Crippen LogP contribution is 2.36. The minimum absolute atomic E-state index is 0. The highest BCUT2D eigenvalue weighted by Gasteiger charge is 2.53. The molecular formula is C9H18O5. The molecule has 0 radical (unpaired) electrons. The molecule has 4 atom stereocenters. The van der Waals surface area contributed by atoms with Crippen LogP contribution in [-0.2, 0) is 14.2 Å². The van der Waals surface area contributed by atoms with Gasteiger partial charge in [0.2, 0.25) is 0 Å². The third kappa shape index (κ3) is 1.78. The molecule has 0 aliphatic carbocycles. The fraction of sp³-hybridized carbons (Fsp3) is 1.00. The van der Waals surface area contributed by atoms with Gasteiger partial charge in [0.25, 0.3) is 0 Å². The van der Waals surface area contributed by atoms with Gasteiger partial charge >= 0.3 is 0 Å². The average Bonchev–Trinajstić information content (AvgIpc) is 2.47. The summed E-state index contributed by atoms with van der Waals surface area (Å²) in [4.78, 5) is 0. The summed E-state index contributed by atoms with van der Waals surface area (Å²) in [5, 5.41) is 18.4. The molecule has 2 rings (SSSR count).